The summed E-state index contributed by atoms with van der Waals surface area (Å²) in [4.78, 5) is 90.4. The van der Waals surface area contributed by atoms with Gasteiger partial charge in [0.05, 0.1) is 95.5 Å². The fraction of sp³-hybridized carbons (Fsp3) is 0.500. The minimum atomic E-state index is -0.791. The molecule has 450 valence electrons. The van der Waals surface area contributed by atoms with Crippen molar-refractivity contribution in [1.29, 1.82) is 4.29 Å². The predicted molar refractivity (Wildman–Crippen MR) is 306 cm³/mol. The minimum Gasteiger partial charge on any atom is -0.496 e. The summed E-state index contributed by atoms with van der Waals surface area (Å²) in [5, 5.41) is 27.9. The molecular weight excluding hydrogens is 1120 g/mol. The van der Waals surface area contributed by atoms with E-state index in [2.05, 4.69) is 31.1 Å². The van der Waals surface area contributed by atoms with E-state index in [4.69, 9.17) is 61.1 Å². The van der Waals surface area contributed by atoms with Gasteiger partial charge >= 0.3 is 17.9 Å². The number of benzene rings is 3. The van der Waals surface area contributed by atoms with Crippen molar-refractivity contribution in [3.63, 3.8) is 0 Å². The fourth-order valence-electron chi connectivity index (χ4n) is 9.72. The molecule has 4 aromatic rings. The highest BCUT2D eigenvalue weighted by molar-refractivity contribution is 6.34. The molecule has 0 atom stereocenters. The van der Waals surface area contributed by atoms with E-state index in [9.17, 15) is 28.8 Å². The first-order valence-corrected chi connectivity index (χ1v) is 27.8. The Kier molecular flexibility index (Phi) is 21.8. The number of carbonyl (C=O) groups is 6. The molecule has 83 heavy (non-hydrogen) atoms. The fourth-order valence-corrected chi connectivity index (χ4v) is 10.2. The van der Waals surface area contributed by atoms with Gasteiger partial charge < -0.3 is 59.4 Å². The highest BCUT2D eigenvalue weighted by atomic mass is 35.5. The largest absolute Gasteiger partial charge is 0.496 e. The number of oxime groups is 1. The van der Waals surface area contributed by atoms with Crippen LogP contribution in [0.4, 0.5) is 0 Å². The smallest absolute Gasteiger partial charge is 0.317 e. The van der Waals surface area contributed by atoms with Crippen LogP contribution in [-0.2, 0) is 49.6 Å². The molecule has 0 unspecified atom stereocenters. The molecule has 0 bridgehead atoms. The summed E-state index contributed by atoms with van der Waals surface area (Å²) >= 11 is 13.1. The lowest BCUT2D eigenvalue weighted by molar-refractivity contribution is -0.140. The van der Waals surface area contributed by atoms with E-state index in [0.29, 0.717) is 82.6 Å². The zero-order chi connectivity index (χ0) is 61.8. The molecule has 3 amide bonds. The Balaban J connectivity index is 0.857. The van der Waals surface area contributed by atoms with E-state index >= 15 is 0 Å². The Labute approximate surface area is 495 Å². The topological polar surface area (TPSA) is 289 Å². The van der Waals surface area contributed by atoms with Gasteiger partial charge in [0, 0.05) is 98.2 Å². The molecule has 5 N–H and O–H groups in total. The number of halogens is 2. The summed E-state index contributed by atoms with van der Waals surface area (Å²) in [6.07, 6.45) is 0. The van der Waals surface area contributed by atoms with Crippen LogP contribution in [0, 0.1) is 0 Å². The van der Waals surface area contributed by atoms with Crippen molar-refractivity contribution in [3.8, 4) is 39.6 Å². The van der Waals surface area contributed by atoms with Crippen LogP contribution < -0.4 is 20.1 Å². The van der Waals surface area contributed by atoms with Crippen molar-refractivity contribution in [2.75, 3.05) is 152 Å². The molecule has 1 aromatic heterocycles. The first-order valence-electron chi connectivity index (χ1n) is 28.3. The molecule has 3 aliphatic rings. The normalized spacial score (nSPS) is 16.9. The highest BCUT2D eigenvalue weighted by Gasteiger charge is 2.39. The molecule has 3 aliphatic heterocycles. The van der Waals surface area contributed by atoms with Crippen LogP contribution in [0.15, 0.2) is 59.8 Å². The van der Waals surface area contributed by atoms with Crippen LogP contribution in [0.3, 0.4) is 0 Å². The quantitative estimate of drug-likeness (QED) is 0.0362. The van der Waals surface area contributed by atoms with Crippen molar-refractivity contribution in [2.45, 2.75) is 32.9 Å². The van der Waals surface area contributed by atoms with E-state index < -0.39 is 23.4 Å². The van der Waals surface area contributed by atoms with Gasteiger partial charge in [-0.1, -0.05) is 46.6 Å². The Morgan fingerprint density at radius 2 is 1.34 bits per heavy atom. The number of amides is 3. The number of ether oxygens (including phenoxy) is 5. The van der Waals surface area contributed by atoms with Gasteiger partial charge in [0.15, 0.2) is 5.69 Å². The van der Waals surface area contributed by atoms with Crippen molar-refractivity contribution in [2.24, 2.45) is 5.16 Å². The molecule has 3 aromatic carbocycles. The van der Waals surface area contributed by atoms with Crippen molar-refractivity contribution in [3.05, 3.63) is 81.5 Å². The Hall–Kier alpha value is -6.94. The van der Waals surface area contributed by atoms with Crippen molar-refractivity contribution < 1.29 is 72.6 Å². The average Bonchev–Trinajstić information content (AvgIpc) is 1.55. The van der Waals surface area contributed by atoms with Crippen LogP contribution >= 0.6 is 23.2 Å². The molecule has 2 fully saturated rings. The number of hydrogen-bond donors (Lipinski definition) is 5. The van der Waals surface area contributed by atoms with Crippen molar-refractivity contribution in [1.82, 2.24) is 44.9 Å². The second kappa shape index (κ2) is 30.6. The summed E-state index contributed by atoms with van der Waals surface area (Å²) in [6.45, 7) is 9.15. The second-order valence-electron chi connectivity index (χ2n) is 20.6. The van der Waals surface area contributed by atoms with Gasteiger partial charge in [-0.2, -0.15) is 5.10 Å². The second-order valence-corrected chi connectivity index (χ2v) is 21.4. The number of carbonyl (C=O) groups excluding carboxylic acids is 3. The number of carboxylic acids is 3. The lowest BCUT2D eigenvalue weighted by atomic mass is 9.94. The first-order chi connectivity index (χ1) is 41.4. The summed E-state index contributed by atoms with van der Waals surface area (Å²) in [5.74, 6) is -2.22. The summed E-state index contributed by atoms with van der Waals surface area (Å²) in [5.41, 5.74) is 5.00. The molecule has 25 nitrogen and oxygen atoms in total. The minimum absolute atomic E-state index is 0.0366. The molecule has 0 saturated carbocycles. The first kappa shape index (κ1) is 59.2. The van der Waals surface area contributed by atoms with Gasteiger partial charge in [-0.3, -0.25) is 48.4 Å². The highest BCUT2D eigenvalue weighted by Crippen LogP contribution is 2.47. The Bertz CT molecular complexity index is 3000. The number of methoxy groups -OCH3 is 1. The zero-order valence-corrected chi connectivity index (χ0v) is 48.4. The maximum atomic E-state index is 14.4. The van der Waals surface area contributed by atoms with Crippen LogP contribution in [0.1, 0.15) is 42.4 Å². The molecular formula is C56H72Cl2N10O15. The van der Waals surface area contributed by atoms with E-state index in [-0.39, 0.29) is 142 Å². The Morgan fingerprint density at radius 1 is 0.735 bits per heavy atom. The van der Waals surface area contributed by atoms with Gasteiger partial charge in [0.25, 0.3) is 10.2 Å². The number of nitrogens with zero attached hydrogens (tertiary/aromatic N) is 8. The van der Waals surface area contributed by atoms with Gasteiger partial charge in [-0.05, 0) is 62.2 Å². The standard InChI is InChI=1S/C56H72Cl2N10O15/c1-37(62-83-20-9-60-49(70)35-80-23-22-79-19-8-59-48(69)30-63-10-12-64(31-50(71)72)14-16-66(33-52(75)76)17-15-65(13-11-63)32-51(73)74)38-6-5-7-39(24-38)43-28-44-47(29-46(43)78-4)82-34-45-53(55(77)67-18-21-81-36-56(67,2)3)61-68(54(44)45)42-26-40(57)25-41(58)27-42/h5-7,24-29H,8-23,30-36H2,1-4H3,(H,59,69)(H,60,70)(H,71,72)(H,73,74)(H,75,76)/b62-37+/i/hD3. The number of nitrogens with one attached hydrogen (secondary N) is 2. The third-order valence-corrected chi connectivity index (χ3v) is 14.4. The predicted octanol–water partition coefficient (Wildman–Crippen LogP) is 3.15. The van der Waals surface area contributed by atoms with Gasteiger partial charge in [-0.25, -0.2) is 4.68 Å². The van der Waals surface area contributed by atoms with Crippen molar-refractivity contribution >= 4 is 64.5 Å². The third kappa shape index (κ3) is 18.5. The average molecular weight is 1200 g/mol. The van der Waals surface area contributed by atoms with E-state index in [1.54, 1.807) is 56.5 Å². The maximum Gasteiger partial charge on any atom is 0.317 e. The van der Waals surface area contributed by atoms with E-state index in [0.717, 1.165) is 16.7 Å². The van der Waals surface area contributed by atoms with Crippen LogP contribution in [0.5, 0.6) is 11.5 Å². The summed E-state index contributed by atoms with van der Waals surface area (Å²) in [6, 6.07) is 16.5. The number of aliphatic carboxylic acids is 3. The van der Waals surface area contributed by atoms with Crippen LogP contribution in [0.2, 0.25) is 10.0 Å². The zero-order valence-electron chi connectivity index (χ0n) is 49.9. The van der Waals surface area contributed by atoms with Gasteiger partial charge in [0.1, 0.15) is 31.3 Å². The monoisotopic (exact) mass is 1200 g/mol. The molecule has 0 aliphatic carbocycles. The number of hydrogen-bond acceptors (Lipinski definition) is 21. The van der Waals surface area contributed by atoms with Crippen LogP contribution in [-0.4, -0.2) is 248 Å². The van der Waals surface area contributed by atoms with E-state index in [1.165, 1.54) is 0 Å². The lowest BCUT2D eigenvalue weighted by Crippen LogP contribution is -2.55. The summed E-state index contributed by atoms with van der Waals surface area (Å²) < 4.78 is 51.7. The molecule has 2 saturated heterocycles. The summed E-state index contributed by atoms with van der Waals surface area (Å²) in [7, 11) is 1.58. The van der Waals surface area contributed by atoms with Crippen LogP contribution in [0.25, 0.3) is 32.4 Å². The molecule has 0 spiro atoms. The lowest BCUT2D eigenvalue weighted by Gasteiger charge is -2.41. The van der Waals surface area contributed by atoms with E-state index in [1.807, 2.05) is 55.1 Å². The molecule has 4 heterocycles. The molecule has 0 radical (unpaired) electrons. The maximum absolute atomic E-state index is 14.4. The van der Waals surface area contributed by atoms with Gasteiger partial charge in [-0.15, -0.1) is 0 Å². The molecule has 27 heteroatoms. The number of rotatable bonds is 25. The number of fused-ring (bicyclic) bond motifs is 3. The molecule has 7 rings (SSSR count). The van der Waals surface area contributed by atoms with Gasteiger partial charge in [0.2, 0.25) is 11.8 Å². The number of aromatic nitrogens is 2. The SMILES string of the molecule is [2H]OC(=O)CN1CCN(CC(=O)NCCOCCOCC(=O)NCCO/N=C(\C)c2cccc(-c3cc4c(cc3OC)OCc3c(C(=O)N5CCOCC5(C)C)nn(-c5cc(Cl)cc(Cl)c5)c3-4)c2)CCN(CC(=O)O[2H])CCN(CC(=O)O[2H])CC1. The number of morpholine rings is 1. The number of carboxylic acid groups (broad SMARTS) is 3. The third-order valence-electron chi connectivity index (χ3n) is 13.9. The Morgan fingerprint density at radius 3 is 1.95 bits per heavy atom.